The van der Waals surface area contributed by atoms with E-state index in [4.69, 9.17) is 0 Å². The van der Waals surface area contributed by atoms with Gasteiger partial charge in [0.2, 0.25) is 0 Å². The Morgan fingerprint density at radius 2 is 1.71 bits per heavy atom. The fourth-order valence-corrected chi connectivity index (χ4v) is 1.15. The molecule has 1 heterocycles. The van der Waals surface area contributed by atoms with Crippen molar-refractivity contribution >= 4 is 39.2 Å². The second-order valence-corrected chi connectivity index (χ2v) is 2.81. The molecule has 0 unspecified atom stereocenters. The Morgan fingerprint density at radius 1 is 1.00 bits per heavy atom. The molecule has 1 aromatic rings. The molecule has 0 atom stereocenters. The molecule has 0 saturated carbocycles. The van der Waals surface area contributed by atoms with Gasteiger partial charge < -0.3 is 0 Å². The molecule has 14 heavy (non-hydrogen) atoms. The summed E-state index contributed by atoms with van der Waals surface area (Å²) in [7, 11) is 0. The molecule has 0 fully saturated rings. The summed E-state index contributed by atoms with van der Waals surface area (Å²) in [5, 5.41) is 1.18. The van der Waals surface area contributed by atoms with Crippen LogP contribution < -0.4 is 0 Å². The normalized spacial score (nSPS) is 10.1. The van der Waals surface area contributed by atoms with E-state index in [0.29, 0.717) is 0 Å². The second kappa shape index (κ2) is 6.59. The molecule has 0 aliphatic rings. The first-order valence-electron chi connectivity index (χ1n) is 4.55. The Hall–Kier alpha value is -0.845. The third-order valence-corrected chi connectivity index (χ3v) is 1.85. The Labute approximate surface area is 88.5 Å². The summed E-state index contributed by atoms with van der Waals surface area (Å²) in [4.78, 5) is 0. The SMILES string of the molecule is C=C/C=C\C=C(/C=C)c1bbbbb1. The van der Waals surface area contributed by atoms with Gasteiger partial charge in [0.15, 0.2) is 0 Å². The van der Waals surface area contributed by atoms with Gasteiger partial charge >= 0.3 is 88.1 Å². The molecular formula is C9H9B5. The predicted octanol–water partition coefficient (Wildman–Crippen LogP) is 0.689. The van der Waals surface area contributed by atoms with E-state index in [9.17, 15) is 0 Å². The molecule has 0 spiro atoms. The number of rotatable bonds is 4. The first-order chi connectivity index (χ1) is 6.88. The maximum atomic E-state index is 3.79. The van der Waals surface area contributed by atoms with E-state index >= 15 is 0 Å². The molecule has 1 aromatic heterocycles. The molecule has 0 radical (unpaired) electrons. The first-order valence-corrected chi connectivity index (χ1v) is 4.55. The molecule has 0 amide bonds. The van der Waals surface area contributed by atoms with Crippen molar-refractivity contribution in [2.45, 2.75) is 0 Å². The molecular weight excluding hydrogens is 162 g/mol. The van der Waals surface area contributed by atoms with Crippen LogP contribution in [0.25, 0.3) is 5.57 Å². The zero-order chi connectivity index (χ0) is 10.2. The third kappa shape index (κ3) is 3.49. The molecule has 60 valence electrons. The van der Waals surface area contributed by atoms with Crippen LogP contribution in [-0.4, -0.2) is 33.6 Å². The summed E-state index contributed by atoms with van der Waals surface area (Å²) in [5.41, 5.74) is 1.11. The van der Waals surface area contributed by atoms with E-state index in [2.05, 4.69) is 26.8 Å². The van der Waals surface area contributed by atoms with E-state index in [1.807, 2.05) is 44.4 Å². The predicted molar refractivity (Wildman–Crippen MR) is 70.7 cm³/mol. The molecule has 0 N–H and O–H groups in total. The van der Waals surface area contributed by atoms with E-state index in [1.54, 1.807) is 6.08 Å². The van der Waals surface area contributed by atoms with Gasteiger partial charge in [0.05, 0.1) is 0 Å². The standard InChI is InChI=1S/C9H9B5/c1-3-5-6-7-8(4-2)9-10-12-14-13-11-9/h3-7H,1-2H2/b6-5-,8-7+. The summed E-state index contributed by atoms with van der Waals surface area (Å²) < 4.78 is 0. The van der Waals surface area contributed by atoms with Gasteiger partial charge in [-0.05, 0) is 0 Å². The van der Waals surface area contributed by atoms with Crippen molar-refractivity contribution in [3.63, 3.8) is 0 Å². The average Bonchev–Trinajstić information content (AvgIpc) is 2.26. The zero-order valence-corrected chi connectivity index (χ0v) is 8.19. The van der Waals surface area contributed by atoms with Crippen LogP contribution in [0.2, 0.25) is 0 Å². The van der Waals surface area contributed by atoms with Gasteiger partial charge in [-0.2, -0.15) is 0 Å². The van der Waals surface area contributed by atoms with Crippen LogP contribution in [-0.2, 0) is 0 Å². The summed E-state index contributed by atoms with van der Waals surface area (Å²) in [5.74, 6) is 0. The van der Waals surface area contributed by atoms with Gasteiger partial charge in [0.1, 0.15) is 0 Å². The number of allylic oxidation sites excluding steroid dienone is 6. The average molecular weight is 171 g/mol. The Bertz CT molecular complexity index is 366. The monoisotopic (exact) mass is 172 g/mol. The van der Waals surface area contributed by atoms with Crippen molar-refractivity contribution in [3.8, 4) is 0 Å². The molecule has 0 nitrogen and oxygen atoms in total. The van der Waals surface area contributed by atoms with Crippen LogP contribution in [0.15, 0.2) is 43.5 Å². The minimum atomic E-state index is 1.11. The molecule has 1 rings (SSSR count). The van der Waals surface area contributed by atoms with Crippen LogP contribution >= 0.6 is 0 Å². The van der Waals surface area contributed by atoms with Crippen molar-refractivity contribution in [1.82, 2.24) is 0 Å². The molecule has 0 bridgehead atoms. The molecule has 0 aliphatic heterocycles. The van der Waals surface area contributed by atoms with Crippen LogP contribution in [0.4, 0.5) is 0 Å². The van der Waals surface area contributed by atoms with Gasteiger partial charge in [0, 0.05) is 0 Å². The van der Waals surface area contributed by atoms with Gasteiger partial charge in [0.25, 0.3) is 0 Å². The second-order valence-electron chi connectivity index (χ2n) is 2.81. The maximum absolute atomic E-state index is 3.79. The van der Waals surface area contributed by atoms with Crippen molar-refractivity contribution in [2.75, 3.05) is 0 Å². The molecule has 0 aromatic carbocycles. The Balaban J connectivity index is 2.93. The summed E-state index contributed by atoms with van der Waals surface area (Å²) in [6, 6.07) is 0. The molecule has 0 saturated heterocycles. The fraction of sp³-hybridized carbons (Fsp3) is 0. The van der Waals surface area contributed by atoms with E-state index in [-0.39, 0.29) is 0 Å². The Kier molecular flexibility index (Phi) is 5.28. The third-order valence-electron chi connectivity index (χ3n) is 1.85. The van der Waals surface area contributed by atoms with Crippen LogP contribution in [0.1, 0.15) is 5.35 Å². The summed E-state index contributed by atoms with van der Waals surface area (Å²) in [6.07, 6.45) is 9.47. The Morgan fingerprint density at radius 3 is 2.29 bits per heavy atom. The molecule has 5 heteroatoms. The quantitative estimate of drug-likeness (QED) is 0.585. The van der Waals surface area contributed by atoms with Crippen molar-refractivity contribution in [1.29, 1.82) is 0 Å². The van der Waals surface area contributed by atoms with Gasteiger partial charge in [-0.15, -0.1) is 0 Å². The number of hydrogen-bond acceptors (Lipinski definition) is 0. The van der Waals surface area contributed by atoms with Gasteiger partial charge in [-0.3, -0.25) is 0 Å². The van der Waals surface area contributed by atoms with Crippen molar-refractivity contribution in [3.05, 3.63) is 48.9 Å². The molecule has 0 aliphatic carbocycles. The van der Waals surface area contributed by atoms with Crippen LogP contribution in [0.3, 0.4) is 0 Å². The first kappa shape index (κ1) is 11.2. The van der Waals surface area contributed by atoms with Gasteiger partial charge in [-0.1, -0.05) is 0 Å². The summed E-state index contributed by atoms with van der Waals surface area (Å²) in [6.45, 7) is 17.6. The minimum absolute atomic E-state index is 1.11. The van der Waals surface area contributed by atoms with Crippen molar-refractivity contribution in [2.24, 2.45) is 0 Å². The van der Waals surface area contributed by atoms with E-state index in [1.165, 1.54) is 5.35 Å². The van der Waals surface area contributed by atoms with E-state index in [0.717, 1.165) is 5.57 Å². The van der Waals surface area contributed by atoms with Crippen LogP contribution in [0, 0.1) is 0 Å². The zero-order valence-electron chi connectivity index (χ0n) is 8.19. The van der Waals surface area contributed by atoms with Crippen LogP contribution in [0.5, 0.6) is 0 Å². The summed E-state index contributed by atoms with van der Waals surface area (Å²) >= 11 is 0. The van der Waals surface area contributed by atoms with Gasteiger partial charge in [-0.25, -0.2) is 0 Å². The van der Waals surface area contributed by atoms with E-state index < -0.39 is 0 Å². The topological polar surface area (TPSA) is 0 Å². The van der Waals surface area contributed by atoms with Crippen molar-refractivity contribution < 1.29 is 0 Å². The fourth-order valence-electron chi connectivity index (χ4n) is 1.15. The number of hydrogen-bond donors (Lipinski definition) is 0.